The summed E-state index contributed by atoms with van der Waals surface area (Å²) in [5, 5.41) is 42.3. The van der Waals surface area contributed by atoms with Gasteiger partial charge in [0.05, 0.1) is 25.7 Å². The molecular weight excluding hydrogens is 382 g/mol. The van der Waals surface area contributed by atoms with Crippen LogP contribution in [0, 0.1) is 0 Å². The average Bonchev–Trinajstić information content (AvgIpc) is 2.61. The first-order chi connectivity index (χ1) is 12.9. The minimum Gasteiger partial charge on any atom is -0.480 e. The Hall–Kier alpha value is -2.81. The van der Waals surface area contributed by atoms with Crippen LogP contribution < -0.4 is 27.4 Å². The summed E-state index contributed by atoms with van der Waals surface area (Å²) in [5.41, 5.74) is 10.3. The lowest BCUT2D eigenvalue weighted by atomic mass is 10.1. The maximum Gasteiger partial charge on any atom is 0.328 e. The number of amides is 4. The predicted octanol–water partition coefficient (Wildman–Crippen LogP) is -5.91. The lowest BCUT2D eigenvalue weighted by molar-refractivity contribution is -0.144. The lowest BCUT2D eigenvalue weighted by Crippen LogP contribution is -2.60. The molecule has 0 rings (SSSR count). The van der Waals surface area contributed by atoms with Gasteiger partial charge in [-0.1, -0.05) is 0 Å². The van der Waals surface area contributed by atoms with E-state index in [1.807, 2.05) is 5.32 Å². The monoisotopic (exact) mass is 407 g/mol. The fraction of sp³-hybridized carbons (Fsp3) is 0.643. The van der Waals surface area contributed by atoms with E-state index in [1.165, 1.54) is 0 Å². The molecule has 0 aliphatic rings. The van der Waals surface area contributed by atoms with Crippen LogP contribution in [0.15, 0.2) is 0 Å². The van der Waals surface area contributed by atoms with Gasteiger partial charge in [0, 0.05) is 0 Å². The van der Waals surface area contributed by atoms with Gasteiger partial charge in [0.25, 0.3) is 0 Å². The number of aliphatic hydroxyl groups is 3. The minimum atomic E-state index is -1.69. The van der Waals surface area contributed by atoms with Crippen LogP contribution in [0.1, 0.15) is 13.3 Å². The van der Waals surface area contributed by atoms with Crippen molar-refractivity contribution in [1.29, 1.82) is 0 Å². The van der Waals surface area contributed by atoms with Gasteiger partial charge >= 0.3 is 5.97 Å². The summed E-state index contributed by atoms with van der Waals surface area (Å²) in [6.45, 7) is -0.573. The van der Waals surface area contributed by atoms with Crippen LogP contribution >= 0.6 is 0 Å². The van der Waals surface area contributed by atoms with Crippen molar-refractivity contribution in [3.63, 3.8) is 0 Å². The first kappa shape index (κ1) is 25.2. The van der Waals surface area contributed by atoms with Crippen LogP contribution in [-0.2, 0) is 24.0 Å². The van der Waals surface area contributed by atoms with E-state index in [0.717, 1.165) is 6.92 Å². The zero-order valence-corrected chi connectivity index (χ0v) is 15.0. The van der Waals surface area contributed by atoms with E-state index in [0.29, 0.717) is 0 Å². The molecular formula is C14H25N5O9. The summed E-state index contributed by atoms with van der Waals surface area (Å²) in [7, 11) is 0. The number of nitrogens with one attached hydrogen (secondary N) is 3. The quantitative estimate of drug-likeness (QED) is 0.148. The van der Waals surface area contributed by atoms with Crippen molar-refractivity contribution in [3.8, 4) is 0 Å². The van der Waals surface area contributed by atoms with E-state index >= 15 is 0 Å². The fourth-order valence-electron chi connectivity index (χ4n) is 1.88. The third kappa shape index (κ3) is 8.26. The first-order valence-electron chi connectivity index (χ1n) is 8.02. The molecule has 5 atom stereocenters. The summed E-state index contributed by atoms with van der Waals surface area (Å²) >= 11 is 0. The van der Waals surface area contributed by atoms with Crippen LogP contribution in [0.2, 0.25) is 0 Å². The second kappa shape index (κ2) is 11.8. The van der Waals surface area contributed by atoms with E-state index in [4.69, 9.17) is 26.8 Å². The maximum atomic E-state index is 12.3. The van der Waals surface area contributed by atoms with Crippen molar-refractivity contribution in [3.05, 3.63) is 0 Å². The fourth-order valence-corrected chi connectivity index (χ4v) is 1.88. The molecule has 0 saturated carbocycles. The molecule has 0 aromatic carbocycles. The Labute approximate surface area is 159 Å². The van der Waals surface area contributed by atoms with Crippen LogP contribution in [0.25, 0.3) is 0 Å². The lowest BCUT2D eigenvalue weighted by Gasteiger charge is -2.25. The molecule has 0 fully saturated rings. The second-order valence-corrected chi connectivity index (χ2v) is 5.83. The Morgan fingerprint density at radius 1 is 0.893 bits per heavy atom. The van der Waals surface area contributed by atoms with Gasteiger partial charge in [0.1, 0.15) is 24.2 Å². The molecule has 28 heavy (non-hydrogen) atoms. The van der Waals surface area contributed by atoms with Crippen LogP contribution in [0.4, 0.5) is 0 Å². The van der Waals surface area contributed by atoms with E-state index in [1.54, 1.807) is 0 Å². The van der Waals surface area contributed by atoms with Crippen LogP contribution in [-0.4, -0.2) is 93.5 Å². The van der Waals surface area contributed by atoms with Crippen molar-refractivity contribution in [2.75, 3.05) is 13.2 Å². The Bertz CT molecular complexity index is 598. The summed E-state index contributed by atoms with van der Waals surface area (Å²) in [6.07, 6.45) is -2.19. The molecule has 14 heteroatoms. The van der Waals surface area contributed by atoms with Crippen molar-refractivity contribution in [2.45, 2.75) is 43.6 Å². The van der Waals surface area contributed by atoms with Crippen molar-refractivity contribution in [2.24, 2.45) is 11.5 Å². The van der Waals surface area contributed by atoms with Gasteiger partial charge in [-0.05, 0) is 6.92 Å². The number of carbonyl (C=O) groups is 5. The Morgan fingerprint density at radius 2 is 1.43 bits per heavy atom. The molecule has 0 aliphatic heterocycles. The molecule has 0 aromatic rings. The summed E-state index contributed by atoms with van der Waals surface area (Å²) in [4.78, 5) is 58.2. The number of hydrogen-bond acceptors (Lipinski definition) is 9. The largest absolute Gasteiger partial charge is 0.480 e. The molecule has 0 aromatic heterocycles. The van der Waals surface area contributed by atoms with E-state index in [2.05, 4.69) is 10.6 Å². The van der Waals surface area contributed by atoms with Gasteiger partial charge in [0.15, 0.2) is 0 Å². The van der Waals surface area contributed by atoms with E-state index in [9.17, 15) is 29.1 Å². The molecule has 0 aliphatic carbocycles. The van der Waals surface area contributed by atoms with E-state index < -0.39 is 79.5 Å². The third-order valence-corrected chi connectivity index (χ3v) is 3.43. The average molecular weight is 407 g/mol. The Morgan fingerprint density at radius 3 is 1.82 bits per heavy atom. The number of carboxylic acids is 1. The van der Waals surface area contributed by atoms with Gasteiger partial charge in [-0.25, -0.2) is 4.79 Å². The minimum absolute atomic E-state index is 0.682. The van der Waals surface area contributed by atoms with Gasteiger partial charge < -0.3 is 47.8 Å². The smallest absolute Gasteiger partial charge is 0.328 e. The van der Waals surface area contributed by atoms with Gasteiger partial charge in [-0.2, -0.15) is 0 Å². The molecule has 0 saturated heterocycles. The van der Waals surface area contributed by atoms with Crippen molar-refractivity contribution < 1.29 is 44.4 Å². The highest BCUT2D eigenvalue weighted by Crippen LogP contribution is 2.00. The number of aliphatic hydroxyl groups excluding tert-OH is 3. The Balaban J connectivity index is 5.32. The number of hydrogen-bond donors (Lipinski definition) is 9. The maximum absolute atomic E-state index is 12.3. The normalized spacial score (nSPS) is 16.0. The molecule has 0 heterocycles. The number of rotatable bonds is 12. The summed E-state index contributed by atoms with van der Waals surface area (Å²) in [5.74, 6) is -5.76. The molecule has 0 unspecified atom stereocenters. The standard InChI is InChI=1S/C14H25N5O9/c1-5(22)10(13(26)18-8(4-21)14(27)28)19-12(25)7(2-9(16)23)17-11(24)6(15)3-20/h5-8,10,20-22H,2-4,15H2,1H3,(H2,16,23)(H,17,24)(H,18,26)(H,19,25)(H,27,28)/t5-,6+,7+,8+,10+/m1/s1. The summed E-state index contributed by atoms with van der Waals surface area (Å²) in [6, 6.07) is -6.33. The second-order valence-electron chi connectivity index (χ2n) is 5.83. The molecule has 0 bridgehead atoms. The zero-order chi connectivity index (χ0) is 22.0. The molecule has 14 nitrogen and oxygen atoms in total. The highest BCUT2D eigenvalue weighted by molar-refractivity contribution is 5.96. The van der Waals surface area contributed by atoms with Crippen molar-refractivity contribution >= 4 is 29.6 Å². The number of carboxylic acid groups (broad SMARTS) is 1. The van der Waals surface area contributed by atoms with Gasteiger partial charge in [-0.15, -0.1) is 0 Å². The number of nitrogens with two attached hydrogens (primary N) is 2. The van der Waals surface area contributed by atoms with Crippen molar-refractivity contribution in [1.82, 2.24) is 16.0 Å². The van der Waals surface area contributed by atoms with E-state index in [-0.39, 0.29) is 0 Å². The molecule has 4 amide bonds. The highest BCUT2D eigenvalue weighted by atomic mass is 16.4. The molecule has 160 valence electrons. The van der Waals surface area contributed by atoms with Crippen LogP contribution in [0.5, 0.6) is 0 Å². The molecule has 0 radical (unpaired) electrons. The number of aliphatic carboxylic acids is 1. The highest BCUT2D eigenvalue weighted by Gasteiger charge is 2.33. The number of carbonyl (C=O) groups excluding carboxylic acids is 4. The molecule has 11 N–H and O–H groups in total. The first-order valence-corrected chi connectivity index (χ1v) is 8.02. The van der Waals surface area contributed by atoms with Crippen LogP contribution in [0.3, 0.4) is 0 Å². The topological polar surface area (TPSA) is 254 Å². The zero-order valence-electron chi connectivity index (χ0n) is 15.0. The Kier molecular flexibility index (Phi) is 10.6. The molecule has 0 spiro atoms. The van der Waals surface area contributed by atoms with Gasteiger partial charge in [-0.3, -0.25) is 19.2 Å². The third-order valence-electron chi connectivity index (χ3n) is 3.43. The number of primary amides is 1. The predicted molar refractivity (Wildman–Crippen MR) is 91.1 cm³/mol. The van der Waals surface area contributed by atoms with Gasteiger partial charge in [0.2, 0.25) is 23.6 Å². The SMILES string of the molecule is C[C@@H](O)[C@H](NC(=O)[C@H](CC(N)=O)NC(=O)[C@@H](N)CO)C(=O)N[C@@H](CO)C(=O)O. The summed E-state index contributed by atoms with van der Waals surface area (Å²) < 4.78 is 0.